The van der Waals surface area contributed by atoms with Crippen LogP contribution in [-0.4, -0.2) is 37.1 Å². The van der Waals surface area contributed by atoms with Crippen LogP contribution in [0.3, 0.4) is 0 Å². The maximum atomic E-state index is 11.0. The summed E-state index contributed by atoms with van der Waals surface area (Å²) in [6, 6.07) is 27.7. The van der Waals surface area contributed by atoms with Gasteiger partial charge in [-0.2, -0.15) is 0 Å². The van der Waals surface area contributed by atoms with E-state index < -0.39 is 21.8 Å². The highest BCUT2D eigenvalue weighted by Crippen LogP contribution is 2.36. The van der Waals surface area contributed by atoms with Gasteiger partial charge in [-0.3, -0.25) is 8.97 Å². The summed E-state index contributed by atoms with van der Waals surface area (Å²) in [7, 11) is -2.17. The van der Waals surface area contributed by atoms with E-state index >= 15 is 0 Å². The lowest BCUT2D eigenvalue weighted by molar-refractivity contribution is 0.481. The Kier molecular flexibility index (Phi) is 4.18. The third kappa shape index (κ3) is 3.74. The van der Waals surface area contributed by atoms with E-state index in [1.807, 2.05) is 65.2 Å². The molecule has 8 aromatic rings. The second kappa shape index (κ2) is 8.99. The molecular formula is C36H31N5OSi. The van der Waals surface area contributed by atoms with Crippen LogP contribution in [0.2, 0.25) is 19.6 Å². The van der Waals surface area contributed by atoms with Crippen LogP contribution in [0, 0.1) is 13.7 Å². The van der Waals surface area contributed by atoms with Crippen molar-refractivity contribution in [1.82, 2.24) is 23.9 Å². The molecule has 0 radical (unpaired) electrons. The van der Waals surface area contributed by atoms with Crippen LogP contribution in [-0.2, 0) is 0 Å². The van der Waals surface area contributed by atoms with Gasteiger partial charge in [0.2, 0.25) is 0 Å². The Hall–Kier alpha value is -5.01. The van der Waals surface area contributed by atoms with E-state index in [0.717, 1.165) is 27.0 Å². The van der Waals surface area contributed by atoms with Gasteiger partial charge in [-0.15, -0.1) is 0 Å². The van der Waals surface area contributed by atoms with Crippen molar-refractivity contribution in [3.05, 3.63) is 102 Å². The molecule has 0 spiro atoms. The quantitative estimate of drug-likeness (QED) is 0.214. The number of hydrogen-bond acceptors (Lipinski definition) is 4. The first kappa shape index (κ1) is 20.0. The highest BCUT2D eigenvalue weighted by molar-refractivity contribution is 6.90. The van der Waals surface area contributed by atoms with Crippen LogP contribution < -0.4 is 5.19 Å². The Bertz CT molecular complexity index is 2600. The van der Waals surface area contributed by atoms with Gasteiger partial charge in [0.25, 0.3) is 0 Å². The molecule has 4 aromatic heterocycles. The summed E-state index contributed by atoms with van der Waals surface area (Å²) < 4.78 is 54.3. The van der Waals surface area contributed by atoms with Crippen molar-refractivity contribution in [1.29, 1.82) is 0 Å². The van der Waals surface area contributed by atoms with Gasteiger partial charge in [-0.1, -0.05) is 74.2 Å². The van der Waals surface area contributed by atoms with Gasteiger partial charge < -0.3 is 5.11 Å². The summed E-state index contributed by atoms with van der Waals surface area (Å²) in [6.45, 7) is 1.42. The number of aryl methyl sites for hydroxylation is 2. The highest BCUT2D eigenvalue weighted by Gasteiger charge is 2.26. The number of pyridine rings is 1. The van der Waals surface area contributed by atoms with Gasteiger partial charge >= 0.3 is 0 Å². The number of phenols is 1. The topological polar surface area (TPSA) is 68.2 Å². The first-order valence-electron chi connectivity index (χ1n) is 17.1. The van der Waals surface area contributed by atoms with Crippen LogP contribution in [0.15, 0.2) is 91.0 Å². The Labute approximate surface area is 258 Å². The number of rotatable bonds is 3. The molecule has 0 aliphatic heterocycles. The maximum absolute atomic E-state index is 11.0. The van der Waals surface area contributed by atoms with Crippen LogP contribution in [0.1, 0.15) is 19.6 Å². The average molecular weight is 584 g/mol. The molecule has 8 rings (SSSR count). The second-order valence-corrected chi connectivity index (χ2v) is 17.0. The highest BCUT2D eigenvalue weighted by atomic mass is 28.3. The molecule has 0 saturated carbocycles. The van der Waals surface area contributed by atoms with Crippen molar-refractivity contribution in [3.63, 3.8) is 0 Å². The Morgan fingerprint density at radius 2 is 1.51 bits per heavy atom. The summed E-state index contributed by atoms with van der Waals surface area (Å²) in [5.41, 5.74) is 4.35. The van der Waals surface area contributed by atoms with Crippen molar-refractivity contribution in [2.24, 2.45) is 0 Å². The summed E-state index contributed by atoms with van der Waals surface area (Å²) in [6.07, 6.45) is 0. The lowest BCUT2D eigenvalue weighted by Gasteiger charge is -2.20. The van der Waals surface area contributed by atoms with Crippen molar-refractivity contribution in [3.8, 4) is 22.8 Å². The fraction of sp³-hybridized carbons (Fsp3) is 0.139. The number of benzene rings is 4. The number of fused-ring (bicyclic) bond motifs is 8. The molecule has 0 saturated heterocycles. The molecule has 1 N–H and O–H groups in total. The normalized spacial score (nSPS) is 15.0. The van der Waals surface area contributed by atoms with E-state index in [0.29, 0.717) is 39.0 Å². The zero-order valence-corrected chi connectivity index (χ0v) is 24.8. The van der Waals surface area contributed by atoms with Crippen LogP contribution in [0.5, 0.6) is 5.75 Å². The van der Waals surface area contributed by atoms with Gasteiger partial charge in [0.15, 0.2) is 5.65 Å². The number of aromatic nitrogens is 5. The van der Waals surface area contributed by atoms with Crippen molar-refractivity contribution < 1.29 is 13.3 Å². The Morgan fingerprint density at radius 3 is 2.21 bits per heavy atom. The molecule has 4 heterocycles. The van der Waals surface area contributed by atoms with Gasteiger partial charge in [-0.25, -0.2) is 15.0 Å². The monoisotopic (exact) mass is 583 g/mol. The number of nitrogens with zero attached hydrogens (tertiary/aromatic N) is 5. The van der Waals surface area contributed by atoms with E-state index in [2.05, 4.69) is 24.6 Å². The molecule has 4 aromatic carbocycles. The van der Waals surface area contributed by atoms with E-state index in [9.17, 15) is 5.11 Å². The van der Waals surface area contributed by atoms with Crippen LogP contribution in [0.4, 0.5) is 0 Å². The molecule has 6 nitrogen and oxygen atoms in total. The SMILES string of the molecule is [2H]C([2H])([2H])c1cc(-c2ccc([Si](C)(C)C)c3c2nc2c4c(O)cccc4nc(C([2H])([2H])[2H])n23)nc(-n2c3ccccc3c3ccccc32)c1. The molecule has 0 atom stereocenters. The second-order valence-electron chi connectivity index (χ2n) is 12.0. The van der Waals surface area contributed by atoms with Crippen LogP contribution >= 0.6 is 0 Å². The van der Waals surface area contributed by atoms with Gasteiger partial charge in [0.1, 0.15) is 17.4 Å². The largest absolute Gasteiger partial charge is 0.507 e. The minimum absolute atomic E-state index is 0.0744. The van der Waals surface area contributed by atoms with E-state index in [-0.39, 0.29) is 22.8 Å². The standard InChI is InChI=1S/C36H31N5OSi/c1-21-19-27(38-32(20-21)41-28-14-8-6-11-23(28)24-12-7-9-15-29(24)41)25-17-18-31(43(3,4)5)35-34(25)39-36-33-26(13-10-16-30(33)42)37-22(2)40(35)36/h6-20,42H,1-5H3/i1D3,2D3. The Balaban J connectivity index is 1.53. The molecule has 0 unspecified atom stereocenters. The summed E-state index contributed by atoms with van der Waals surface area (Å²) in [5.74, 6) is 0.185. The van der Waals surface area contributed by atoms with Gasteiger partial charge in [-0.05, 0) is 60.9 Å². The predicted octanol–water partition coefficient (Wildman–Crippen LogP) is 8.06. The van der Waals surface area contributed by atoms with Crippen LogP contribution in [0.25, 0.3) is 66.5 Å². The minimum atomic E-state index is -2.61. The first-order chi connectivity index (χ1) is 23.1. The number of hydrogen-bond donors (Lipinski definition) is 1. The number of imidazole rings is 1. The van der Waals surface area contributed by atoms with Gasteiger partial charge in [0.05, 0.1) is 46.7 Å². The molecule has 0 fully saturated rings. The predicted molar refractivity (Wildman–Crippen MR) is 180 cm³/mol. The lowest BCUT2D eigenvalue weighted by atomic mass is 10.1. The zero-order chi connectivity index (χ0) is 34.6. The Morgan fingerprint density at radius 1 is 0.767 bits per heavy atom. The summed E-state index contributed by atoms with van der Waals surface area (Å²) >= 11 is 0. The van der Waals surface area contributed by atoms with E-state index in [1.165, 1.54) is 6.07 Å². The maximum Gasteiger partial charge on any atom is 0.152 e. The third-order valence-electron chi connectivity index (χ3n) is 8.19. The molecule has 0 bridgehead atoms. The van der Waals surface area contributed by atoms with Crippen molar-refractivity contribution >= 4 is 62.6 Å². The molecule has 0 aliphatic rings. The summed E-state index contributed by atoms with van der Waals surface area (Å²) in [5, 5.41) is 14.3. The molecule has 210 valence electrons. The molecule has 0 amide bonds. The number of para-hydroxylation sites is 2. The van der Waals surface area contributed by atoms with Gasteiger partial charge in [0, 0.05) is 24.6 Å². The average Bonchev–Trinajstić information content (AvgIpc) is 3.59. The smallest absolute Gasteiger partial charge is 0.152 e. The molecule has 0 aliphatic carbocycles. The zero-order valence-electron chi connectivity index (χ0n) is 29.8. The minimum Gasteiger partial charge on any atom is -0.507 e. The fourth-order valence-corrected chi connectivity index (χ4v) is 7.84. The molecule has 7 heteroatoms. The fourth-order valence-electron chi connectivity index (χ4n) is 6.32. The number of phenolic OH excluding ortho intramolecular Hbond substituents is 1. The summed E-state index contributed by atoms with van der Waals surface area (Å²) in [4.78, 5) is 14.7. The third-order valence-corrected chi connectivity index (χ3v) is 10.2. The lowest BCUT2D eigenvalue weighted by Crippen LogP contribution is -2.38. The van der Waals surface area contributed by atoms with Crippen molar-refractivity contribution in [2.75, 3.05) is 0 Å². The van der Waals surface area contributed by atoms with Crippen molar-refractivity contribution in [2.45, 2.75) is 33.3 Å². The number of aromatic hydroxyl groups is 1. The first-order valence-corrected chi connectivity index (χ1v) is 17.6. The molecule has 43 heavy (non-hydrogen) atoms. The van der Waals surface area contributed by atoms with E-state index in [1.54, 1.807) is 28.7 Å². The molecular weight excluding hydrogens is 547 g/mol. The van der Waals surface area contributed by atoms with E-state index in [4.69, 9.17) is 18.2 Å².